The first-order chi connectivity index (χ1) is 4.29. The van der Waals surface area contributed by atoms with Crippen molar-refractivity contribution in [3.05, 3.63) is 0 Å². The predicted molar refractivity (Wildman–Crippen MR) is 25.6 cm³/mol. The van der Waals surface area contributed by atoms with Crippen molar-refractivity contribution in [3.8, 4) is 0 Å². The van der Waals surface area contributed by atoms with Crippen LogP contribution < -0.4 is 0 Å². The van der Waals surface area contributed by atoms with Crippen LogP contribution >= 0.6 is 0 Å². The summed E-state index contributed by atoms with van der Waals surface area (Å²) in [5, 5.41) is 8.93. The number of fused-ring (bicyclic) bond motifs is 1. The first-order valence-electron chi connectivity index (χ1n) is 2.79. The normalized spacial score (nSPS) is 47.7. The van der Waals surface area contributed by atoms with Crippen LogP contribution in [0, 0.1) is 0 Å². The molecule has 50 valence electrons. The molecule has 2 rings (SSSR count). The van der Waals surface area contributed by atoms with Crippen LogP contribution in [0.25, 0.3) is 0 Å². The third-order valence-electron chi connectivity index (χ3n) is 1.53. The number of ether oxygens (including phenoxy) is 2. The average molecular weight is 130 g/mol. The summed E-state index contributed by atoms with van der Waals surface area (Å²) >= 11 is 0. The van der Waals surface area contributed by atoms with Crippen LogP contribution in [0.5, 0.6) is 0 Å². The molecule has 0 aromatic rings. The number of esters is 1. The first-order valence-corrected chi connectivity index (χ1v) is 2.79. The molecule has 1 N–H and O–H groups in total. The molecule has 0 amide bonds. The molecule has 0 bridgehead atoms. The molecule has 2 fully saturated rings. The van der Waals surface area contributed by atoms with E-state index < -0.39 is 12.2 Å². The Morgan fingerprint density at radius 3 is 3.11 bits per heavy atom. The van der Waals surface area contributed by atoms with Crippen LogP contribution in [-0.4, -0.2) is 36.0 Å². The molecule has 0 aromatic heterocycles. The minimum Gasteiger partial charge on any atom is -0.461 e. The fraction of sp³-hybridized carbons (Fsp3) is 0.800. The predicted octanol–water partition coefficient (Wildman–Crippen LogP) is -1.33. The lowest BCUT2D eigenvalue weighted by Gasteiger charge is -2.11. The molecule has 9 heavy (non-hydrogen) atoms. The van der Waals surface area contributed by atoms with Crippen molar-refractivity contribution >= 4 is 5.97 Å². The first kappa shape index (κ1) is 5.20. The van der Waals surface area contributed by atoms with Crippen LogP contribution in [0.3, 0.4) is 0 Å². The van der Waals surface area contributed by atoms with Gasteiger partial charge in [0.25, 0.3) is 0 Å². The molecular weight excluding hydrogens is 124 g/mol. The quantitative estimate of drug-likeness (QED) is 0.326. The van der Waals surface area contributed by atoms with E-state index >= 15 is 0 Å². The Kier molecular flexibility index (Phi) is 0.841. The zero-order valence-electron chi connectivity index (χ0n) is 4.61. The Morgan fingerprint density at radius 1 is 1.67 bits per heavy atom. The number of hydrogen-bond donors (Lipinski definition) is 1. The molecule has 3 unspecified atom stereocenters. The molecule has 2 aliphatic heterocycles. The second-order valence-electron chi connectivity index (χ2n) is 2.22. The second kappa shape index (κ2) is 1.46. The molecule has 2 heterocycles. The number of carbonyl (C=O) groups is 1. The van der Waals surface area contributed by atoms with E-state index in [4.69, 9.17) is 9.84 Å². The number of cyclic esters (lactones) is 1. The summed E-state index contributed by atoms with van der Waals surface area (Å²) in [5.41, 5.74) is 0. The highest BCUT2D eigenvalue weighted by atomic mass is 16.7. The Labute approximate surface area is 51.4 Å². The standard InChI is InChI=1S/C5H6O4/c6-2-1-8-5(7)4-3(2)9-4/h2-4,6H,1H2. The zero-order chi connectivity index (χ0) is 6.43. The Morgan fingerprint density at radius 2 is 2.44 bits per heavy atom. The van der Waals surface area contributed by atoms with Crippen molar-refractivity contribution in [2.75, 3.05) is 6.61 Å². The summed E-state index contributed by atoms with van der Waals surface area (Å²) in [6.45, 7) is 0.0833. The van der Waals surface area contributed by atoms with Gasteiger partial charge in [-0.25, -0.2) is 4.79 Å². The van der Waals surface area contributed by atoms with E-state index in [0.717, 1.165) is 0 Å². The van der Waals surface area contributed by atoms with Crippen LogP contribution in [-0.2, 0) is 14.3 Å². The Bertz CT molecular complexity index is 155. The highest BCUT2D eigenvalue weighted by Gasteiger charge is 2.54. The third kappa shape index (κ3) is 0.635. The topological polar surface area (TPSA) is 59.1 Å². The van der Waals surface area contributed by atoms with Crippen LogP contribution in [0.1, 0.15) is 0 Å². The van der Waals surface area contributed by atoms with Gasteiger partial charge in [-0.1, -0.05) is 0 Å². The van der Waals surface area contributed by atoms with E-state index in [9.17, 15) is 4.79 Å². The van der Waals surface area contributed by atoms with Crippen molar-refractivity contribution in [2.45, 2.75) is 18.3 Å². The van der Waals surface area contributed by atoms with Gasteiger partial charge in [0.15, 0.2) is 6.10 Å². The van der Waals surface area contributed by atoms with Gasteiger partial charge < -0.3 is 14.6 Å². The van der Waals surface area contributed by atoms with Crippen molar-refractivity contribution in [3.63, 3.8) is 0 Å². The van der Waals surface area contributed by atoms with E-state index in [1.54, 1.807) is 0 Å². The van der Waals surface area contributed by atoms with Crippen LogP contribution in [0.15, 0.2) is 0 Å². The van der Waals surface area contributed by atoms with E-state index in [1.807, 2.05) is 0 Å². The summed E-state index contributed by atoms with van der Waals surface area (Å²) in [7, 11) is 0. The maximum Gasteiger partial charge on any atom is 0.338 e. The number of epoxide rings is 1. The van der Waals surface area contributed by atoms with Crippen LogP contribution in [0.2, 0.25) is 0 Å². The van der Waals surface area contributed by atoms with Gasteiger partial charge in [-0.05, 0) is 0 Å². The molecule has 0 aliphatic carbocycles. The summed E-state index contributed by atoms with van der Waals surface area (Å²) in [5.74, 6) is -0.342. The van der Waals surface area contributed by atoms with Crippen LogP contribution in [0.4, 0.5) is 0 Å². The van der Waals surface area contributed by atoms with Crippen molar-refractivity contribution in [1.82, 2.24) is 0 Å². The van der Waals surface area contributed by atoms with Gasteiger partial charge >= 0.3 is 5.97 Å². The molecule has 0 aromatic carbocycles. The monoisotopic (exact) mass is 130 g/mol. The number of carbonyl (C=O) groups excluding carboxylic acids is 1. The Balaban J connectivity index is 2.08. The zero-order valence-corrected chi connectivity index (χ0v) is 4.61. The fourth-order valence-electron chi connectivity index (χ4n) is 0.951. The maximum absolute atomic E-state index is 10.5. The SMILES string of the molecule is O=C1OCC(O)C2OC12. The molecule has 2 saturated heterocycles. The van der Waals surface area contributed by atoms with Gasteiger partial charge in [0, 0.05) is 0 Å². The average Bonchev–Trinajstić information content (AvgIpc) is 2.57. The van der Waals surface area contributed by atoms with Gasteiger partial charge in [-0.2, -0.15) is 0 Å². The molecule has 4 nitrogen and oxygen atoms in total. The van der Waals surface area contributed by atoms with E-state index in [2.05, 4.69) is 4.74 Å². The molecule has 4 heteroatoms. The van der Waals surface area contributed by atoms with Crippen molar-refractivity contribution in [1.29, 1.82) is 0 Å². The lowest BCUT2D eigenvalue weighted by Crippen LogP contribution is -2.33. The molecule has 2 aliphatic rings. The molecular formula is C5H6O4. The second-order valence-corrected chi connectivity index (χ2v) is 2.22. The summed E-state index contributed by atoms with van der Waals surface area (Å²) < 4.78 is 9.31. The lowest BCUT2D eigenvalue weighted by atomic mass is 10.2. The molecule has 3 atom stereocenters. The number of aliphatic hydroxyl groups is 1. The number of aliphatic hydroxyl groups excluding tert-OH is 1. The molecule has 0 radical (unpaired) electrons. The number of hydrogen-bond acceptors (Lipinski definition) is 4. The highest BCUT2D eigenvalue weighted by Crippen LogP contribution is 2.30. The van der Waals surface area contributed by atoms with Gasteiger partial charge in [0.2, 0.25) is 0 Å². The van der Waals surface area contributed by atoms with E-state index in [0.29, 0.717) is 0 Å². The molecule has 0 saturated carbocycles. The Hall–Kier alpha value is -0.610. The van der Waals surface area contributed by atoms with Gasteiger partial charge in [0.05, 0.1) is 0 Å². The summed E-state index contributed by atoms with van der Waals surface area (Å²) in [6, 6.07) is 0. The molecule has 0 spiro atoms. The van der Waals surface area contributed by atoms with E-state index in [1.165, 1.54) is 0 Å². The van der Waals surface area contributed by atoms with Gasteiger partial charge in [0.1, 0.15) is 18.8 Å². The highest BCUT2D eigenvalue weighted by molar-refractivity contribution is 5.79. The lowest BCUT2D eigenvalue weighted by molar-refractivity contribution is -0.149. The smallest absolute Gasteiger partial charge is 0.338 e. The van der Waals surface area contributed by atoms with Gasteiger partial charge in [-0.3, -0.25) is 0 Å². The minimum atomic E-state index is -0.604. The summed E-state index contributed by atoms with van der Waals surface area (Å²) in [4.78, 5) is 10.5. The largest absolute Gasteiger partial charge is 0.461 e. The summed E-state index contributed by atoms with van der Waals surface area (Å²) in [6.07, 6.45) is -1.34. The van der Waals surface area contributed by atoms with Crippen molar-refractivity contribution in [2.24, 2.45) is 0 Å². The maximum atomic E-state index is 10.5. The fourth-order valence-corrected chi connectivity index (χ4v) is 0.951. The van der Waals surface area contributed by atoms with Crippen molar-refractivity contribution < 1.29 is 19.4 Å². The number of rotatable bonds is 0. The van der Waals surface area contributed by atoms with E-state index in [-0.39, 0.29) is 18.7 Å². The third-order valence-corrected chi connectivity index (χ3v) is 1.53. The van der Waals surface area contributed by atoms with Gasteiger partial charge in [-0.15, -0.1) is 0 Å². The minimum absolute atomic E-state index is 0.0833.